The molecule has 0 bridgehead atoms. The van der Waals surface area contributed by atoms with Gasteiger partial charge in [0.2, 0.25) is 5.95 Å². The first-order valence-corrected chi connectivity index (χ1v) is 9.41. The highest BCUT2D eigenvalue weighted by atomic mass is 19.4. The van der Waals surface area contributed by atoms with Gasteiger partial charge in [-0.25, -0.2) is 14.8 Å². The molecule has 2 saturated heterocycles. The molecule has 0 radical (unpaired) electrons. The molecule has 1 unspecified atom stereocenters. The fraction of sp³-hybridized carbons (Fsp3) is 0.474. The number of carbonyl (C=O) groups excluding carboxylic acids is 1. The number of anilines is 1. The number of furan rings is 1. The van der Waals surface area contributed by atoms with Crippen molar-refractivity contribution in [2.45, 2.75) is 12.6 Å². The second-order valence-corrected chi connectivity index (χ2v) is 7.31. The number of carbonyl (C=O) groups is 2. The van der Waals surface area contributed by atoms with Gasteiger partial charge in [-0.3, -0.25) is 4.79 Å². The molecule has 0 aromatic carbocycles. The quantitative estimate of drug-likeness (QED) is 0.753. The van der Waals surface area contributed by atoms with Crippen molar-refractivity contribution in [2.75, 3.05) is 44.3 Å². The van der Waals surface area contributed by atoms with Gasteiger partial charge in [-0.15, -0.1) is 0 Å². The number of aliphatic carboxylic acids is 1. The monoisotopic (exact) mass is 442 g/mol. The van der Waals surface area contributed by atoms with Crippen molar-refractivity contribution in [1.29, 1.82) is 0 Å². The van der Waals surface area contributed by atoms with Crippen LogP contribution in [0.4, 0.5) is 19.1 Å². The fourth-order valence-electron chi connectivity index (χ4n) is 3.54. The number of hydrogen-bond acceptors (Lipinski definition) is 7. The number of nitrogens with zero attached hydrogens (tertiary/aromatic N) is 4. The van der Waals surface area contributed by atoms with Crippen LogP contribution >= 0.6 is 0 Å². The van der Waals surface area contributed by atoms with Gasteiger partial charge in [0, 0.05) is 44.0 Å². The number of carboxylic acids is 1. The Labute approximate surface area is 175 Å². The first kappa shape index (κ1) is 22.5. The molecule has 31 heavy (non-hydrogen) atoms. The zero-order chi connectivity index (χ0) is 22.5. The van der Waals surface area contributed by atoms with E-state index in [0.717, 1.165) is 25.5 Å². The third kappa shape index (κ3) is 5.72. The van der Waals surface area contributed by atoms with Crippen molar-refractivity contribution >= 4 is 17.8 Å². The van der Waals surface area contributed by atoms with E-state index in [4.69, 9.17) is 19.1 Å². The van der Waals surface area contributed by atoms with Crippen LogP contribution < -0.4 is 4.90 Å². The lowest BCUT2D eigenvalue weighted by Gasteiger charge is -2.31. The Kier molecular flexibility index (Phi) is 6.78. The number of hydrogen-bond donors (Lipinski definition) is 1. The van der Waals surface area contributed by atoms with E-state index in [1.165, 1.54) is 12.5 Å². The zero-order valence-corrected chi connectivity index (χ0v) is 16.4. The van der Waals surface area contributed by atoms with Crippen LogP contribution in [-0.2, 0) is 9.53 Å². The smallest absolute Gasteiger partial charge is 0.475 e. The second kappa shape index (κ2) is 9.33. The summed E-state index contributed by atoms with van der Waals surface area (Å²) < 4.78 is 42.6. The average Bonchev–Trinajstić information content (AvgIpc) is 3.36. The van der Waals surface area contributed by atoms with E-state index >= 15 is 0 Å². The lowest BCUT2D eigenvalue weighted by atomic mass is 9.87. The summed E-state index contributed by atoms with van der Waals surface area (Å²) in [7, 11) is 0. The number of halogens is 3. The number of alkyl halides is 3. The molecule has 1 spiro atoms. The van der Waals surface area contributed by atoms with Gasteiger partial charge in [-0.05, 0) is 18.6 Å². The van der Waals surface area contributed by atoms with Gasteiger partial charge in [0.25, 0.3) is 5.91 Å². The molecule has 1 amide bonds. The number of carboxylic acid groups (broad SMARTS) is 1. The van der Waals surface area contributed by atoms with Gasteiger partial charge in [-0.2, -0.15) is 13.2 Å². The molecule has 1 N–H and O–H groups in total. The molecule has 2 fully saturated rings. The minimum Gasteiger partial charge on any atom is -0.475 e. The first-order valence-electron chi connectivity index (χ1n) is 9.41. The Bertz CT molecular complexity index is 878. The van der Waals surface area contributed by atoms with Crippen LogP contribution in [0.25, 0.3) is 0 Å². The summed E-state index contributed by atoms with van der Waals surface area (Å²) in [6, 6.07) is 3.52. The molecule has 4 rings (SSSR count). The molecule has 12 heteroatoms. The maximum atomic E-state index is 12.7. The third-order valence-electron chi connectivity index (χ3n) is 5.01. The average molecular weight is 442 g/mol. The number of ether oxygens (including phenoxy) is 1. The van der Waals surface area contributed by atoms with Gasteiger partial charge in [0.15, 0.2) is 0 Å². The minimum atomic E-state index is -5.08. The summed E-state index contributed by atoms with van der Waals surface area (Å²) >= 11 is 0. The van der Waals surface area contributed by atoms with Crippen molar-refractivity contribution in [2.24, 2.45) is 5.41 Å². The van der Waals surface area contributed by atoms with E-state index in [0.29, 0.717) is 31.9 Å². The van der Waals surface area contributed by atoms with Crippen LogP contribution in [-0.4, -0.2) is 77.4 Å². The fourth-order valence-corrected chi connectivity index (χ4v) is 3.54. The SMILES string of the molecule is O=C(O)C(F)(F)F.O=C(c1ccoc1)N1CCOCC2(CCN(c3ncccn3)C2)C1. The van der Waals surface area contributed by atoms with Crippen LogP contribution in [0.3, 0.4) is 0 Å². The van der Waals surface area contributed by atoms with Gasteiger partial charge in [0.1, 0.15) is 6.26 Å². The molecule has 2 aromatic heterocycles. The summed E-state index contributed by atoms with van der Waals surface area (Å²) in [5.41, 5.74) is 0.517. The van der Waals surface area contributed by atoms with Crippen LogP contribution in [0, 0.1) is 5.41 Å². The molecular weight excluding hydrogens is 421 g/mol. The molecule has 9 nitrogen and oxygen atoms in total. The molecule has 4 heterocycles. The molecule has 0 saturated carbocycles. The van der Waals surface area contributed by atoms with Crippen LogP contribution in [0.1, 0.15) is 16.8 Å². The lowest BCUT2D eigenvalue weighted by molar-refractivity contribution is -0.192. The highest BCUT2D eigenvalue weighted by Crippen LogP contribution is 2.35. The Hall–Kier alpha value is -3.15. The van der Waals surface area contributed by atoms with E-state index in [-0.39, 0.29) is 11.3 Å². The number of aromatic nitrogens is 2. The molecule has 168 valence electrons. The van der Waals surface area contributed by atoms with Crippen molar-refractivity contribution in [1.82, 2.24) is 14.9 Å². The van der Waals surface area contributed by atoms with Crippen LogP contribution in [0.15, 0.2) is 41.5 Å². The topological polar surface area (TPSA) is 109 Å². The molecule has 1 atom stereocenters. The summed E-state index contributed by atoms with van der Waals surface area (Å²) in [5.74, 6) is -2.01. The molecule has 2 aliphatic rings. The maximum absolute atomic E-state index is 12.7. The Balaban J connectivity index is 0.000000339. The van der Waals surface area contributed by atoms with Crippen LogP contribution in [0.2, 0.25) is 0 Å². The highest BCUT2D eigenvalue weighted by Gasteiger charge is 2.43. The van der Waals surface area contributed by atoms with E-state index in [9.17, 15) is 18.0 Å². The van der Waals surface area contributed by atoms with Gasteiger partial charge >= 0.3 is 12.1 Å². The predicted molar refractivity (Wildman–Crippen MR) is 100 cm³/mol. The van der Waals surface area contributed by atoms with Gasteiger partial charge in [-0.1, -0.05) is 0 Å². The van der Waals surface area contributed by atoms with Gasteiger partial charge < -0.3 is 24.1 Å². The normalized spacial score (nSPS) is 21.4. The minimum absolute atomic E-state index is 0.00281. The van der Waals surface area contributed by atoms with E-state index in [1.54, 1.807) is 18.5 Å². The van der Waals surface area contributed by atoms with E-state index < -0.39 is 12.1 Å². The van der Waals surface area contributed by atoms with Crippen molar-refractivity contribution in [3.8, 4) is 0 Å². The summed E-state index contributed by atoms with van der Waals surface area (Å²) in [6.07, 6.45) is 2.42. The van der Waals surface area contributed by atoms with Crippen molar-refractivity contribution in [3.63, 3.8) is 0 Å². The third-order valence-corrected chi connectivity index (χ3v) is 5.01. The van der Waals surface area contributed by atoms with Gasteiger partial charge in [0.05, 0.1) is 25.0 Å². The Morgan fingerprint density at radius 2 is 1.87 bits per heavy atom. The molecular formula is C19H21F3N4O5. The molecule has 2 aromatic rings. The van der Waals surface area contributed by atoms with Crippen molar-refractivity contribution in [3.05, 3.63) is 42.6 Å². The predicted octanol–water partition coefficient (Wildman–Crippen LogP) is 2.07. The highest BCUT2D eigenvalue weighted by molar-refractivity contribution is 5.93. The summed E-state index contributed by atoms with van der Waals surface area (Å²) in [5, 5.41) is 7.12. The van der Waals surface area contributed by atoms with E-state index in [2.05, 4.69) is 14.9 Å². The van der Waals surface area contributed by atoms with Crippen LogP contribution in [0.5, 0.6) is 0 Å². The molecule has 0 aliphatic carbocycles. The molecule has 2 aliphatic heterocycles. The largest absolute Gasteiger partial charge is 0.490 e. The lowest BCUT2D eigenvalue weighted by Crippen LogP contribution is -2.43. The number of rotatable bonds is 2. The summed E-state index contributed by atoms with van der Waals surface area (Å²) in [4.78, 5) is 34.3. The Morgan fingerprint density at radius 1 is 1.16 bits per heavy atom. The second-order valence-electron chi connectivity index (χ2n) is 7.31. The Morgan fingerprint density at radius 3 is 2.48 bits per heavy atom. The standard InChI is InChI=1S/C17H20N4O3.C2HF3O2/c22-15(14-2-8-23-10-14)20-7-9-24-13-17(11-20)3-6-21(12-17)16-18-4-1-5-19-16;3-2(4,5)1(6)7/h1-2,4-5,8,10H,3,6-7,9,11-13H2;(H,6,7). The first-order chi connectivity index (χ1) is 14.7. The summed E-state index contributed by atoms with van der Waals surface area (Å²) in [6.45, 7) is 4.18. The van der Waals surface area contributed by atoms with E-state index in [1.807, 2.05) is 11.0 Å². The number of amides is 1. The maximum Gasteiger partial charge on any atom is 0.490 e. The van der Waals surface area contributed by atoms with Crippen molar-refractivity contribution < 1.29 is 37.0 Å². The zero-order valence-electron chi connectivity index (χ0n) is 16.4.